The number of likely N-dealkylation sites (tertiary alicyclic amines) is 1. The normalized spacial score (nSPS) is 15.9. The number of hydrogen-bond donors (Lipinski definition) is 1. The first kappa shape index (κ1) is 16.8. The monoisotopic (exact) mass is 515 g/mol. The number of rotatable bonds is 2. The summed E-state index contributed by atoms with van der Waals surface area (Å²) in [5.74, 6) is -0.513. The predicted molar refractivity (Wildman–Crippen MR) is 94.2 cm³/mol. The zero-order valence-corrected chi connectivity index (χ0v) is 15.8. The van der Waals surface area contributed by atoms with Crippen molar-refractivity contribution >= 4 is 57.1 Å². The Hall–Kier alpha value is -0.580. The van der Waals surface area contributed by atoms with Crippen LogP contribution in [0.2, 0.25) is 0 Å². The van der Waals surface area contributed by atoms with Gasteiger partial charge >= 0.3 is 5.97 Å². The topological polar surface area (TPSA) is 66.8 Å². The fourth-order valence-electron chi connectivity index (χ4n) is 2.38. The van der Waals surface area contributed by atoms with Crippen molar-refractivity contribution in [3.05, 3.63) is 24.8 Å². The Morgan fingerprint density at radius 3 is 2.48 bits per heavy atom. The van der Waals surface area contributed by atoms with Gasteiger partial charge in [0.2, 0.25) is 0 Å². The first-order valence-corrected chi connectivity index (χ1v) is 8.65. The summed E-state index contributed by atoms with van der Waals surface area (Å²) in [4.78, 5) is 25.7. The lowest BCUT2D eigenvalue weighted by molar-refractivity contribution is -0.146. The minimum Gasteiger partial charge on any atom is -0.506 e. The molecule has 5 nitrogen and oxygen atoms in total. The van der Waals surface area contributed by atoms with E-state index in [0.29, 0.717) is 35.1 Å². The number of esters is 1. The van der Waals surface area contributed by atoms with Crippen molar-refractivity contribution in [3.63, 3.8) is 0 Å². The standard InChI is InChI=1S/C14H15I2NO4/c1-21-14(20)8-2-4-17(5-3-8)13(19)10-6-9(15)7-11(16)12(10)18/h6-8,18H,2-5H2,1H3. The van der Waals surface area contributed by atoms with Gasteiger partial charge in [-0.25, -0.2) is 0 Å². The molecule has 1 aromatic rings. The largest absolute Gasteiger partial charge is 0.506 e. The molecule has 1 fully saturated rings. The number of methoxy groups -OCH3 is 1. The first-order valence-electron chi connectivity index (χ1n) is 6.49. The molecule has 1 aromatic carbocycles. The molecule has 0 unspecified atom stereocenters. The smallest absolute Gasteiger partial charge is 0.308 e. The molecule has 1 saturated heterocycles. The predicted octanol–water partition coefficient (Wildman–Crippen LogP) is 2.63. The third-order valence-corrected chi connectivity index (χ3v) is 5.02. The van der Waals surface area contributed by atoms with Crippen molar-refractivity contribution in [2.75, 3.05) is 20.2 Å². The molecule has 7 heteroatoms. The third kappa shape index (κ3) is 3.79. The molecule has 0 aliphatic carbocycles. The molecule has 0 radical (unpaired) electrons. The molecule has 0 atom stereocenters. The third-order valence-electron chi connectivity index (χ3n) is 3.58. The molecule has 1 heterocycles. The van der Waals surface area contributed by atoms with Crippen molar-refractivity contribution < 1.29 is 19.4 Å². The van der Waals surface area contributed by atoms with Crippen LogP contribution in [-0.2, 0) is 9.53 Å². The van der Waals surface area contributed by atoms with Crippen molar-refractivity contribution in [1.82, 2.24) is 4.90 Å². The van der Waals surface area contributed by atoms with Crippen LogP contribution < -0.4 is 0 Å². The first-order chi connectivity index (χ1) is 9.93. The number of halogens is 2. The van der Waals surface area contributed by atoms with Crippen LogP contribution in [0.5, 0.6) is 5.75 Å². The summed E-state index contributed by atoms with van der Waals surface area (Å²) in [5, 5.41) is 10.1. The molecule has 0 bridgehead atoms. The zero-order valence-electron chi connectivity index (χ0n) is 11.4. The highest BCUT2D eigenvalue weighted by atomic mass is 127. The summed E-state index contributed by atoms with van der Waals surface area (Å²) in [6.07, 6.45) is 1.19. The van der Waals surface area contributed by atoms with Gasteiger partial charge < -0.3 is 14.7 Å². The number of nitrogens with zero attached hydrogens (tertiary/aromatic N) is 1. The minimum atomic E-state index is -0.214. The van der Waals surface area contributed by atoms with Gasteiger partial charge in [0, 0.05) is 16.7 Å². The maximum atomic E-state index is 12.5. The van der Waals surface area contributed by atoms with E-state index < -0.39 is 0 Å². The van der Waals surface area contributed by atoms with Gasteiger partial charge in [0.25, 0.3) is 5.91 Å². The number of carbonyl (C=O) groups excluding carboxylic acids is 2. The van der Waals surface area contributed by atoms with Crippen LogP contribution in [0.3, 0.4) is 0 Å². The molecular formula is C14H15I2NO4. The Morgan fingerprint density at radius 1 is 1.29 bits per heavy atom. The second-order valence-electron chi connectivity index (χ2n) is 4.87. The maximum Gasteiger partial charge on any atom is 0.308 e. The fourth-order valence-corrected chi connectivity index (χ4v) is 4.23. The number of amides is 1. The Morgan fingerprint density at radius 2 is 1.90 bits per heavy atom. The molecule has 1 aliphatic heterocycles. The van der Waals surface area contributed by atoms with Crippen LogP contribution in [0.25, 0.3) is 0 Å². The number of phenolic OH excluding ortho intramolecular Hbond substituents is 1. The molecule has 1 amide bonds. The fraction of sp³-hybridized carbons (Fsp3) is 0.429. The van der Waals surface area contributed by atoms with Gasteiger partial charge in [-0.2, -0.15) is 0 Å². The number of piperidine rings is 1. The van der Waals surface area contributed by atoms with Gasteiger partial charge in [0.1, 0.15) is 5.75 Å². The number of phenols is 1. The molecule has 2 rings (SSSR count). The molecule has 1 aliphatic rings. The van der Waals surface area contributed by atoms with Gasteiger partial charge in [0.15, 0.2) is 0 Å². The molecule has 0 spiro atoms. The Balaban J connectivity index is 2.11. The van der Waals surface area contributed by atoms with Crippen molar-refractivity contribution in [3.8, 4) is 5.75 Å². The molecule has 0 aromatic heterocycles. The van der Waals surface area contributed by atoms with Crippen molar-refractivity contribution in [2.45, 2.75) is 12.8 Å². The molecule has 1 N–H and O–H groups in total. The van der Waals surface area contributed by atoms with Gasteiger partial charge in [-0.1, -0.05) is 0 Å². The van der Waals surface area contributed by atoms with E-state index in [4.69, 9.17) is 4.74 Å². The summed E-state index contributed by atoms with van der Waals surface area (Å²) in [6.45, 7) is 1.00. The van der Waals surface area contributed by atoms with Gasteiger partial charge in [0.05, 0.1) is 22.2 Å². The molecular weight excluding hydrogens is 500 g/mol. The summed E-state index contributed by atoms with van der Waals surface area (Å²) in [6, 6.07) is 3.50. The number of ether oxygens (including phenoxy) is 1. The average molecular weight is 515 g/mol. The number of hydrogen-bond acceptors (Lipinski definition) is 4. The quantitative estimate of drug-likeness (QED) is 0.487. The van der Waals surface area contributed by atoms with E-state index >= 15 is 0 Å². The van der Waals surface area contributed by atoms with Gasteiger partial charge in [-0.3, -0.25) is 9.59 Å². The highest BCUT2D eigenvalue weighted by Gasteiger charge is 2.29. The Bertz CT molecular complexity index is 568. The summed E-state index contributed by atoms with van der Waals surface area (Å²) in [5.41, 5.74) is 0.322. The zero-order chi connectivity index (χ0) is 15.6. The van der Waals surface area contributed by atoms with E-state index in [1.54, 1.807) is 11.0 Å². The van der Waals surface area contributed by atoms with Crippen LogP contribution >= 0.6 is 45.2 Å². The summed E-state index contributed by atoms with van der Waals surface area (Å²) in [7, 11) is 1.38. The second kappa shape index (κ2) is 7.12. The van der Waals surface area contributed by atoms with E-state index in [1.807, 2.05) is 28.7 Å². The highest BCUT2D eigenvalue weighted by Crippen LogP contribution is 2.29. The van der Waals surface area contributed by atoms with Crippen LogP contribution in [0.1, 0.15) is 23.2 Å². The van der Waals surface area contributed by atoms with Crippen LogP contribution in [-0.4, -0.2) is 42.1 Å². The molecule has 21 heavy (non-hydrogen) atoms. The Kier molecular flexibility index (Phi) is 5.69. The van der Waals surface area contributed by atoms with E-state index in [1.165, 1.54) is 7.11 Å². The highest BCUT2D eigenvalue weighted by molar-refractivity contribution is 14.1. The van der Waals surface area contributed by atoms with Crippen molar-refractivity contribution in [1.29, 1.82) is 0 Å². The van der Waals surface area contributed by atoms with E-state index in [9.17, 15) is 14.7 Å². The van der Waals surface area contributed by atoms with E-state index in [-0.39, 0.29) is 23.5 Å². The van der Waals surface area contributed by atoms with Crippen LogP contribution in [0.4, 0.5) is 0 Å². The lowest BCUT2D eigenvalue weighted by atomic mass is 9.96. The van der Waals surface area contributed by atoms with E-state index in [0.717, 1.165) is 3.57 Å². The SMILES string of the molecule is COC(=O)C1CCN(C(=O)c2cc(I)cc(I)c2O)CC1. The van der Waals surface area contributed by atoms with Crippen molar-refractivity contribution in [2.24, 2.45) is 5.92 Å². The van der Waals surface area contributed by atoms with Gasteiger partial charge in [-0.05, 0) is 70.2 Å². The number of benzene rings is 1. The number of carbonyl (C=O) groups is 2. The minimum absolute atomic E-state index is 0.0242. The van der Waals surface area contributed by atoms with Crippen LogP contribution in [0.15, 0.2) is 12.1 Å². The number of aromatic hydroxyl groups is 1. The van der Waals surface area contributed by atoms with E-state index in [2.05, 4.69) is 22.6 Å². The Labute approximate surface area is 150 Å². The summed E-state index contributed by atoms with van der Waals surface area (Å²) < 4.78 is 6.30. The lowest BCUT2D eigenvalue weighted by Crippen LogP contribution is -2.40. The maximum absolute atomic E-state index is 12.5. The lowest BCUT2D eigenvalue weighted by Gasteiger charge is -2.31. The average Bonchev–Trinajstić information content (AvgIpc) is 2.49. The van der Waals surface area contributed by atoms with Gasteiger partial charge in [-0.15, -0.1) is 0 Å². The second-order valence-corrected chi connectivity index (χ2v) is 7.28. The molecule has 114 valence electrons. The summed E-state index contributed by atoms with van der Waals surface area (Å²) >= 11 is 4.13. The molecule has 0 saturated carbocycles. The van der Waals surface area contributed by atoms with Crippen LogP contribution in [0, 0.1) is 13.1 Å².